The normalized spacial score (nSPS) is 14.4. The Kier molecular flexibility index (Phi) is 3.18. The van der Waals surface area contributed by atoms with Crippen LogP contribution in [0.25, 0.3) is 11.0 Å². The van der Waals surface area contributed by atoms with Crippen molar-refractivity contribution in [2.45, 2.75) is 32.4 Å². The zero-order valence-electron chi connectivity index (χ0n) is 12.2. The number of aromatic nitrogens is 3. The molecule has 1 aliphatic rings. The molecule has 0 atom stereocenters. The number of aryl methyl sites for hydroxylation is 1. The van der Waals surface area contributed by atoms with Crippen molar-refractivity contribution in [1.29, 1.82) is 0 Å². The maximum atomic E-state index is 12.9. The second kappa shape index (κ2) is 5.21. The number of hydrogen-bond acceptors (Lipinski definition) is 4. The predicted octanol–water partition coefficient (Wildman–Crippen LogP) is 3.13. The summed E-state index contributed by atoms with van der Waals surface area (Å²) < 4.78 is 0. The van der Waals surface area contributed by atoms with Gasteiger partial charge in [0.1, 0.15) is 0 Å². The highest BCUT2D eigenvalue weighted by Crippen LogP contribution is 2.30. The Morgan fingerprint density at radius 3 is 3.09 bits per heavy atom. The summed E-state index contributed by atoms with van der Waals surface area (Å²) in [5.74, 6) is 0.0590. The molecular formula is C16H16N4OS. The van der Waals surface area contributed by atoms with E-state index in [0.717, 1.165) is 23.9 Å². The maximum Gasteiger partial charge on any atom is 0.255 e. The van der Waals surface area contributed by atoms with Gasteiger partial charge in [0, 0.05) is 29.9 Å². The van der Waals surface area contributed by atoms with E-state index in [1.54, 1.807) is 17.5 Å². The van der Waals surface area contributed by atoms with E-state index in [1.807, 2.05) is 23.3 Å². The first kappa shape index (κ1) is 13.5. The summed E-state index contributed by atoms with van der Waals surface area (Å²) in [6, 6.07) is 4.34. The van der Waals surface area contributed by atoms with Crippen molar-refractivity contribution >= 4 is 28.3 Å². The summed E-state index contributed by atoms with van der Waals surface area (Å²) in [5, 5.41) is 12.1. The molecule has 22 heavy (non-hydrogen) atoms. The topological polar surface area (TPSA) is 61.9 Å². The van der Waals surface area contributed by atoms with Gasteiger partial charge in [0.25, 0.3) is 5.91 Å². The molecule has 0 aromatic carbocycles. The number of thiophene rings is 1. The van der Waals surface area contributed by atoms with Crippen molar-refractivity contribution in [2.75, 3.05) is 0 Å². The van der Waals surface area contributed by atoms with Gasteiger partial charge < -0.3 is 4.90 Å². The minimum absolute atomic E-state index is 0.0590. The lowest BCUT2D eigenvalue weighted by molar-refractivity contribution is 0.0730. The Balaban J connectivity index is 1.65. The second-order valence-corrected chi connectivity index (χ2v) is 6.52. The lowest BCUT2D eigenvalue weighted by Gasteiger charge is -2.22. The van der Waals surface area contributed by atoms with E-state index in [1.165, 1.54) is 5.56 Å². The molecule has 5 nitrogen and oxygen atoms in total. The number of carbonyl (C=O) groups is 1. The third-order valence-electron chi connectivity index (χ3n) is 4.03. The molecule has 0 radical (unpaired) electrons. The van der Waals surface area contributed by atoms with Crippen molar-refractivity contribution in [3.05, 3.63) is 45.9 Å². The highest BCUT2D eigenvalue weighted by atomic mass is 32.1. The number of nitrogens with one attached hydrogen (secondary N) is 1. The van der Waals surface area contributed by atoms with E-state index in [4.69, 9.17) is 0 Å². The fourth-order valence-electron chi connectivity index (χ4n) is 2.63. The lowest BCUT2D eigenvalue weighted by Crippen LogP contribution is -2.32. The quantitative estimate of drug-likeness (QED) is 0.805. The molecule has 0 spiro atoms. The molecule has 0 aliphatic heterocycles. The van der Waals surface area contributed by atoms with Crippen LogP contribution in [0.3, 0.4) is 0 Å². The highest BCUT2D eigenvalue weighted by molar-refractivity contribution is 7.07. The number of pyridine rings is 1. The van der Waals surface area contributed by atoms with Crippen molar-refractivity contribution in [2.24, 2.45) is 0 Å². The smallest absolute Gasteiger partial charge is 0.255 e. The summed E-state index contributed by atoms with van der Waals surface area (Å²) in [6.07, 6.45) is 3.82. The second-order valence-electron chi connectivity index (χ2n) is 5.74. The summed E-state index contributed by atoms with van der Waals surface area (Å²) in [4.78, 5) is 19.2. The van der Waals surface area contributed by atoms with E-state index >= 15 is 0 Å². The Morgan fingerprint density at radius 2 is 2.36 bits per heavy atom. The van der Waals surface area contributed by atoms with E-state index < -0.39 is 0 Å². The molecular weight excluding hydrogens is 296 g/mol. The van der Waals surface area contributed by atoms with Gasteiger partial charge in [0.05, 0.1) is 5.56 Å². The zero-order chi connectivity index (χ0) is 15.1. The largest absolute Gasteiger partial charge is 0.331 e. The number of amides is 1. The van der Waals surface area contributed by atoms with Crippen LogP contribution < -0.4 is 0 Å². The maximum absolute atomic E-state index is 12.9. The molecule has 3 heterocycles. The van der Waals surface area contributed by atoms with Gasteiger partial charge in [-0.15, -0.1) is 0 Å². The molecule has 6 heteroatoms. The van der Waals surface area contributed by atoms with Gasteiger partial charge in [-0.1, -0.05) is 0 Å². The van der Waals surface area contributed by atoms with E-state index in [9.17, 15) is 4.79 Å². The van der Waals surface area contributed by atoms with Crippen LogP contribution in [0, 0.1) is 6.92 Å². The first-order valence-electron chi connectivity index (χ1n) is 7.35. The van der Waals surface area contributed by atoms with Gasteiger partial charge >= 0.3 is 0 Å². The van der Waals surface area contributed by atoms with Gasteiger partial charge in [-0.05, 0) is 48.2 Å². The number of aromatic amines is 1. The van der Waals surface area contributed by atoms with Crippen LogP contribution in [0.15, 0.2) is 29.1 Å². The summed E-state index contributed by atoms with van der Waals surface area (Å²) in [5.41, 5.74) is 3.43. The van der Waals surface area contributed by atoms with Crippen LogP contribution in [0.4, 0.5) is 0 Å². The van der Waals surface area contributed by atoms with Gasteiger partial charge in [-0.3, -0.25) is 9.89 Å². The van der Waals surface area contributed by atoms with Crippen LogP contribution in [-0.2, 0) is 6.54 Å². The van der Waals surface area contributed by atoms with Gasteiger partial charge in [-0.25, -0.2) is 4.98 Å². The molecule has 0 bridgehead atoms. The number of carbonyl (C=O) groups excluding carboxylic acids is 1. The SMILES string of the molecule is Cc1[nH]nc2ncc(C(=O)N(Cc3ccsc3)C3CC3)cc12. The van der Waals surface area contributed by atoms with E-state index in [-0.39, 0.29) is 5.91 Å². The Hall–Kier alpha value is -2.21. The average Bonchev–Trinajstić information content (AvgIpc) is 3.12. The van der Waals surface area contributed by atoms with Gasteiger partial charge in [0.15, 0.2) is 5.65 Å². The molecule has 0 unspecified atom stereocenters. The van der Waals surface area contributed by atoms with E-state index in [0.29, 0.717) is 23.8 Å². The molecule has 1 amide bonds. The zero-order valence-corrected chi connectivity index (χ0v) is 13.1. The molecule has 112 valence electrons. The van der Waals surface area contributed by atoms with Crippen molar-refractivity contribution in [3.63, 3.8) is 0 Å². The monoisotopic (exact) mass is 312 g/mol. The molecule has 1 aliphatic carbocycles. The van der Waals surface area contributed by atoms with Gasteiger partial charge in [-0.2, -0.15) is 16.4 Å². The van der Waals surface area contributed by atoms with Crippen LogP contribution in [-0.4, -0.2) is 32.0 Å². The average molecular weight is 312 g/mol. The highest BCUT2D eigenvalue weighted by Gasteiger charge is 2.33. The van der Waals surface area contributed by atoms with Crippen molar-refractivity contribution in [1.82, 2.24) is 20.1 Å². The molecule has 1 N–H and O–H groups in total. The third-order valence-corrected chi connectivity index (χ3v) is 4.76. The van der Waals surface area contributed by atoms with Gasteiger partial charge in [0.2, 0.25) is 0 Å². The summed E-state index contributed by atoms with van der Waals surface area (Å²) >= 11 is 1.66. The minimum Gasteiger partial charge on any atom is -0.331 e. The first-order valence-corrected chi connectivity index (χ1v) is 8.29. The number of fused-ring (bicyclic) bond motifs is 1. The standard InChI is InChI=1S/C16H16N4OS/c1-10-14-6-12(7-17-15(14)19-18-10)16(21)20(13-2-3-13)8-11-4-5-22-9-11/h4-7,9,13H,2-3,8H2,1H3,(H,17,18,19). The number of hydrogen-bond donors (Lipinski definition) is 1. The first-order chi connectivity index (χ1) is 10.7. The fourth-order valence-corrected chi connectivity index (χ4v) is 3.29. The predicted molar refractivity (Wildman–Crippen MR) is 85.8 cm³/mol. The summed E-state index contributed by atoms with van der Waals surface area (Å²) in [6.45, 7) is 2.62. The Labute approximate surface area is 132 Å². The van der Waals surface area contributed by atoms with Crippen molar-refractivity contribution in [3.8, 4) is 0 Å². The minimum atomic E-state index is 0.0590. The van der Waals surface area contributed by atoms with E-state index in [2.05, 4.69) is 26.6 Å². The molecule has 1 saturated carbocycles. The lowest BCUT2D eigenvalue weighted by atomic mass is 10.1. The molecule has 3 aromatic rings. The molecule has 1 fully saturated rings. The number of rotatable bonds is 4. The fraction of sp³-hybridized carbons (Fsp3) is 0.312. The number of H-pyrrole nitrogens is 1. The molecule has 0 saturated heterocycles. The Morgan fingerprint density at radius 1 is 1.50 bits per heavy atom. The Bertz CT molecular complexity index is 820. The van der Waals surface area contributed by atoms with Crippen LogP contribution in [0.1, 0.15) is 34.5 Å². The molecule has 4 rings (SSSR count). The van der Waals surface area contributed by atoms with Crippen LogP contribution >= 0.6 is 11.3 Å². The molecule has 3 aromatic heterocycles. The third kappa shape index (κ3) is 2.39. The van der Waals surface area contributed by atoms with Crippen molar-refractivity contribution < 1.29 is 4.79 Å². The summed E-state index contributed by atoms with van der Waals surface area (Å²) in [7, 11) is 0. The van der Waals surface area contributed by atoms with Crippen LogP contribution in [0.5, 0.6) is 0 Å². The van der Waals surface area contributed by atoms with Crippen LogP contribution in [0.2, 0.25) is 0 Å². The number of nitrogens with zero attached hydrogens (tertiary/aromatic N) is 3.